The highest BCUT2D eigenvalue weighted by Gasteiger charge is 2.36. The second kappa shape index (κ2) is 7.08. The molecule has 116 valence electrons. The summed E-state index contributed by atoms with van der Waals surface area (Å²) in [6, 6.07) is 7.10. The Morgan fingerprint density at radius 3 is 2.57 bits per heavy atom. The summed E-state index contributed by atoms with van der Waals surface area (Å²) >= 11 is 0. The van der Waals surface area contributed by atoms with Crippen LogP contribution in [0, 0.1) is 0 Å². The molecule has 2 unspecified atom stereocenters. The molecular formula is C15H21NO5. The predicted molar refractivity (Wildman–Crippen MR) is 77.5 cm³/mol. The van der Waals surface area contributed by atoms with Gasteiger partial charge >= 0.3 is 5.97 Å². The molecule has 1 aromatic carbocycles. The number of amides is 1. The lowest BCUT2D eigenvalue weighted by Gasteiger charge is -2.27. The van der Waals surface area contributed by atoms with Gasteiger partial charge in [0, 0.05) is 7.11 Å². The maximum absolute atomic E-state index is 12.3. The summed E-state index contributed by atoms with van der Waals surface area (Å²) in [6.07, 6.45) is 0. The SMILES string of the molecule is COCC(C)(NC(=O)C(C)c1cccc(OC)c1)C(=O)O. The molecular weight excluding hydrogens is 274 g/mol. The van der Waals surface area contributed by atoms with Gasteiger partial charge in [0.2, 0.25) is 5.91 Å². The van der Waals surface area contributed by atoms with Crippen molar-refractivity contribution in [2.75, 3.05) is 20.8 Å². The van der Waals surface area contributed by atoms with Gasteiger partial charge in [0.05, 0.1) is 19.6 Å². The first-order valence-electron chi connectivity index (χ1n) is 6.52. The van der Waals surface area contributed by atoms with E-state index in [1.807, 2.05) is 0 Å². The monoisotopic (exact) mass is 295 g/mol. The molecule has 1 aromatic rings. The Kier molecular flexibility index (Phi) is 5.72. The van der Waals surface area contributed by atoms with Crippen LogP contribution in [0.5, 0.6) is 5.75 Å². The Labute approximate surface area is 124 Å². The Balaban J connectivity index is 2.89. The van der Waals surface area contributed by atoms with Crippen LogP contribution in [0.1, 0.15) is 25.3 Å². The van der Waals surface area contributed by atoms with Crippen molar-refractivity contribution in [3.63, 3.8) is 0 Å². The molecule has 6 nitrogen and oxygen atoms in total. The van der Waals surface area contributed by atoms with E-state index >= 15 is 0 Å². The first-order chi connectivity index (χ1) is 9.84. The van der Waals surface area contributed by atoms with Crippen molar-refractivity contribution in [1.82, 2.24) is 5.32 Å². The van der Waals surface area contributed by atoms with Gasteiger partial charge in [-0.25, -0.2) is 4.79 Å². The van der Waals surface area contributed by atoms with E-state index in [1.54, 1.807) is 38.3 Å². The van der Waals surface area contributed by atoms with Gasteiger partial charge in [-0.2, -0.15) is 0 Å². The molecule has 0 bridgehead atoms. The minimum Gasteiger partial charge on any atom is -0.497 e. The van der Waals surface area contributed by atoms with E-state index in [4.69, 9.17) is 9.47 Å². The molecule has 0 fully saturated rings. The molecule has 2 atom stereocenters. The van der Waals surface area contributed by atoms with Crippen LogP contribution < -0.4 is 10.1 Å². The maximum Gasteiger partial charge on any atom is 0.331 e. The maximum atomic E-state index is 12.3. The zero-order valence-electron chi connectivity index (χ0n) is 12.7. The van der Waals surface area contributed by atoms with Crippen LogP contribution in [-0.2, 0) is 14.3 Å². The number of ether oxygens (including phenoxy) is 2. The molecule has 0 spiro atoms. The fourth-order valence-electron chi connectivity index (χ4n) is 1.88. The molecule has 0 aliphatic heterocycles. The number of methoxy groups -OCH3 is 2. The van der Waals surface area contributed by atoms with Gasteiger partial charge in [0.25, 0.3) is 0 Å². The third-order valence-corrected chi connectivity index (χ3v) is 3.29. The average molecular weight is 295 g/mol. The number of hydrogen-bond acceptors (Lipinski definition) is 4. The summed E-state index contributed by atoms with van der Waals surface area (Å²) in [5.74, 6) is -1.39. The average Bonchev–Trinajstić information content (AvgIpc) is 2.46. The zero-order chi connectivity index (χ0) is 16.0. The third kappa shape index (κ3) is 4.19. The Morgan fingerprint density at radius 1 is 1.38 bits per heavy atom. The van der Waals surface area contributed by atoms with Gasteiger partial charge in [-0.15, -0.1) is 0 Å². The summed E-state index contributed by atoms with van der Waals surface area (Å²) in [6.45, 7) is 3.01. The Bertz CT molecular complexity index is 517. The Morgan fingerprint density at radius 2 is 2.05 bits per heavy atom. The van der Waals surface area contributed by atoms with E-state index in [-0.39, 0.29) is 12.5 Å². The van der Waals surface area contributed by atoms with Gasteiger partial charge in [-0.1, -0.05) is 12.1 Å². The number of carboxylic acid groups (broad SMARTS) is 1. The lowest BCUT2D eigenvalue weighted by atomic mass is 9.97. The Hall–Kier alpha value is -2.08. The lowest BCUT2D eigenvalue weighted by molar-refractivity contribution is -0.149. The van der Waals surface area contributed by atoms with E-state index in [2.05, 4.69) is 5.32 Å². The van der Waals surface area contributed by atoms with Crippen molar-refractivity contribution in [3.05, 3.63) is 29.8 Å². The highest BCUT2D eigenvalue weighted by Crippen LogP contribution is 2.21. The van der Waals surface area contributed by atoms with Crippen molar-refractivity contribution >= 4 is 11.9 Å². The smallest absolute Gasteiger partial charge is 0.331 e. The second-order valence-electron chi connectivity index (χ2n) is 5.06. The molecule has 1 rings (SSSR count). The highest BCUT2D eigenvalue weighted by molar-refractivity contribution is 5.90. The highest BCUT2D eigenvalue weighted by atomic mass is 16.5. The molecule has 0 heterocycles. The van der Waals surface area contributed by atoms with Crippen molar-refractivity contribution < 1.29 is 24.2 Å². The van der Waals surface area contributed by atoms with Gasteiger partial charge in [0.1, 0.15) is 5.75 Å². The van der Waals surface area contributed by atoms with Crippen molar-refractivity contribution in [1.29, 1.82) is 0 Å². The summed E-state index contributed by atoms with van der Waals surface area (Å²) in [5, 5.41) is 11.8. The van der Waals surface area contributed by atoms with Crippen LogP contribution in [0.3, 0.4) is 0 Å². The number of benzene rings is 1. The van der Waals surface area contributed by atoms with Gasteiger partial charge in [0.15, 0.2) is 5.54 Å². The minimum atomic E-state index is -1.46. The predicted octanol–water partition coefficient (Wildman–Crippen LogP) is 1.40. The van der Waals surface area contributed by atoms with Crippen LogP contribution in [0.25, 0.3) is 0 Å². The van der Waals surface area contributed by atoms with Crippen molar-refractivity contribution in [3.8, 4) is 5.75 Å². The summed E-state index contributed by atoms with van der Waals surface area (Å²) in [5.41, 5.74) is -0.712. The normalized spacial score (nSPS) is 14.9. The minimum absolute atomic E-state index is 0.112. The number of nitrogens with one attached hydrogen (secondary N) is 1. The molecule has 21 heavy (non-hydrogen) atoms. The summed E-state index contributed by atoms with van der Waals surface area (Å²) < 4.78 is 9.99. The first-order valence-corrected chi connectivity index (χ1v) is 6.52. The topological polar surface area (TPSA) is 84.9 Å². The van der Waals surface area contributed by atoms with Crippen LogP contribution in [0.4, 0.5) is 0 Å². The van der Waals surface area contributed by atoms with Crippen LogP contribution in [0.15, 0.2) is 24.3 Å². The van der Waals surface area contributed by atoms with Crippen molar-refractivity contribution in [2.45, 2.75) is 25.3 Å². The van der Waals surface area contributed by atoms with Gasteiger partial charge in [-0.05, 0) is 31.5 Å². The fraction of sp³-hybridized carbons (Fsp3) is 0.467. The van der Waals surface area contributed by atoms with E-state index in [0.717, 1.165) is 5.56 Å². The number of aliphatic carboxylic acids is 1. The first kappa shape index (κ1) is 17.0. The van der Waals surface area contributed by atoms with E-state index in [1.165, 1.54) is 14.0 Å². The number of hydrogen-bond donors (Lipinski definition) is 2. The van der Waals surface area contributed by atoms with Crippen LogP contribution in [-0.4, -0.2) is 43.3 Å². The summed E-state index contributed by atoms with van der Waals surface area (Å²) in [4.78, 5) is 23.6. The van der Waals surface area contributed by atoms with Gasteiger partial charge in [-0.3, -0.25) is 4.79 Å². The van der Waals surface area contributed by atoms with Gasteiger partial charge < -0.3 is 19.9 Å². The van der Waals surface area contributed by atoms with E-state index in [9.17, 15) is 14.7 Å². The lowest BCUT2D eigenvalue weighted by Crippen LogP contribution is -2.56. The largest absolute Gasteiger partial charge is 0.497 e. The number of carbonyl (C=O) groups is 2. The molecule has 2 N–H and O–H groups in total. The standard InChI is InChI=1S/C15H21NO5/c1-10(11-6-5-7-12(8-11)21-4)13(17)16-15(2,9-20-3)14(18)19/h5-8,10H,9H2,1-4H3,(H,16,17)(H,18,19). The number of carboxylic acids is 1. The number of carbonyl (C=O) groups excluding carboxylic acids is 1. The molecule has 0 aromatic heterocycles. The quantitative estimate of drug-likeness (QED) is 0.794. The fourth-order valence-corrected chi connectivity index (χ4v) is 1.88. The molecule has 0 saturated heterocycles. The molecule has 1 amide bonds. The van der Waals surface area contributed by atoms with E-state index in [0.29, 0.717) is 5.75 Å². The molecule has 0 saturated carbocycles. The van der Waals surface area contributed by atoms with Crippen molar-refractivity contribution in [2.24, 2.45) is 0 Å². The third-order valence-electron chi connectivity index (χ3n) is 3.29. The molecule has 6 heteroatoms. The summed E-state index contributed by atoms with van der Waals surface area (Å²) in [7, 11) is 2.93. The molecule has 0 aliphatic carbocycles. The van der Waals surface area contributed by atoms with Crippen LogP contribution >= 0.6 is 0 Å². The van der Waals surface area contributed by atoms with Crippen LogP contribution in [0.2, 0.25) is 0 Å². The molecule has 0 radical (unpaired) electrons. The van der Waals surface area contributed by atoms with E-state index < -0.39 is 17.4 Å². The number of rotatable bonds is 7. The second-order valence-corrected chi connectivity index (χ2v) is 5.06. The zero-order valence-corrected chi connectivity index (χ0v) is 12.7. The molecule has 0 aliphatic rings.